The Kier molecular flexibility index (Phi) is 6.79. The van der Waals surface area contributed by atoms with Crippen molar-refractivity contribution >= 4 is 11.9 Å². The summed E-state index contributed by atoms with van der Waals surface area (Å²) in [5, 5.41) is 12.2. The maximum absolute atomic E-state index is 12.6. The molecule has 2 unspecified atom stereocenters. The summed E-state index contributed by atoms with van der Waals surface area (Å²) in [5.41, 5.74) is 1.13. The number of aliphatic carboxylic acids is 1. The lowest BCUT2D eigenvalue weighted by atomic mass is 9.96. The number of carbonyl (C=O) groups excluding carboxylic acids is 1. The molecule has 5 nitrogen and oxygen atoms in total. The maximum Gasteiger partial charge on any atom is 0.306 e. The molecular weight excluding hydrogens is 304 g/mol. The number of rotatable bonds is 7. The van der Waals surface area contributed by atoms with Crippen LogP contribution in [0.25, 0.3) is 0 Å². The van der Waals surface area contributed by atoms with Gasteiger partial charge in [0.15, 0.2) is 0 Å². The number of likely N-dealkylation sites (tertiary alicyclic amines) is 1. The Balaban J connectivity index is 1.93. The topological polar surface area (TPSA) is 69.6 Å². The quantitative estimate of drug-likeness (QED) is 0.805. The van der Waals surface area contributed by atoms with Crippen LogP contribution in [0.15, 0.2) is 30.3 Å². The van der Waals surface area contributed by atoms with Crippen LogP contribution in [0.1, 0.15) is 51.1 Å². The normalized spacial score (nSPS) is 18.8. The first-order valence-electron chi connectivity index (χ1n) is 8.85. The molecule has 0 radical (unpaired) electrons. The summed E-state index contributed by atoms with van der Waals surface area (Å²) in [4.78, 5) is 25.8. The van der Waals surface area contributed by atoms with Crippen molar-refractivity contribution in [1.29, 1.82) is 0 Å². The predicted octanol–water partition coefficient (Wildman–Crippen LogP) is 2.83. The Morgan fingerprint density at radius 1 is 1.25 bits per heavy atom. The van der Waals surface area contributed by atoms with Gasteiger partial charge in [0.1, 0.15) is 0 Å². The molecule has 0 saturated carbocycles. The number of nitrogens with zero attached hydrogens (tertiary/aromatic N) is 1. The zero-order chi connectivity index (χ0) is 17.5. The molecule has 24 heavy (non-hydrogen) atoms. The van der Waals surface area contributed by atoms with E-state index in [-0.39, 0.29) is 23.9 Å². The Labute approximate surface area is 144 Å². The van der Waals surface area contributed by atoms with E-state index in [1.807, 2.05) is 37.3 Å². The first-order valence-corrected chi connectivity index (χ1v) is 8.85. The smallest absolute Gasteiger partial charge is 0.306 e. The Hall–Kier alpha value is -1.88. The third kappa shape index (κ3) is 4.81. The summed E-state index contributed by atoms with van der Waals surface area (Å²) in [6.45, 7) is 5.34. The number of hydrogen-bond donors (Lipinski definition) is 2. The highest BCUT2D eigenvalue weighted by molar-refractivity contribution is 5.81. The minimum absolute atomic E-state index is 0.0195. The molecule has 5 heteroatoms. The molecule has 132 valence electrons. The molecule has 1 aliphatic rings. The SMILES string of the molecule is CCCC(NC(=O)C(C)N1CCC(C(=O)O)CC1)c1ccccc1. The highest BCUT2D eigenvalue weighted by Gasteiger charge is 2.30. The van der Waals surface area contributed by atoms with E-state index in [1.54, 1.807) is 0 Å². The number of benzene rings is 1. The van der Waals surface area contributed by atoms with Crippen LogP contribution >= 0.6 is 0 Å². The van der Waals surface area contributed by atoms with Crippen LogP contribution in [0.3, 0.4) is 0 Å². The third-order valence-electron chi connectivity index (χ3n) is 4.90. The number of amides is 1. The van der Waals surface area contributed by atoms with Crippen molar-refractivity contribution < 1.29 is 14.7 Å². The molecule has 1 aliphatic heterocycles. The third-order valence-corrected chi connectivity index (χ3v) is 4.90. The Morgan fingerprint density at radius 2 is 1.88 bits per heavy atom. The van der Waals surface area contributed by atoms with Crippen LogP contribution < -0.4 is 5.32 Å². The summed E-state index contributed by atoms with van der Waals surface area (Å²) >= 11 is 0. The number of carbonyl (C=O) groups is 2. The predicted molar refractivity (Wildman–Crippen MR) is 93.6 cm³/mol. The van der Waals surface area contributed by atoms with Gasteiger partial charge in [-0.2, -0.15) is 0 Å². The minimum Gasteiger partial charge on any atom is -0.481 e. The van der Waals surface area contributed by atoms with Gasteiger partial charge in [-0.25, -0.2) is 0 Å². The van der Waals surface area contributed by atoms with Crippen LogP contribution in [-0.4, -0.2) is 41.0 Å². The molecule has 0 spiro atoms. The molecule has 0 aliphatic carbocycles. The average Bonchev–Trinajstić information content (AvgIpc) is 2.61. The van der Waals surface area contributed by atoms with Crippen molar-refractivity contribution in [1.82, 2.24) is 10.2 Å². The summed E-state index contributed by atoms with van der Waals surface area (Å²) in [7, 11) is 0. The highest BCUT2D eigenvalue weighted by Crippen LogP contribution is 2.21. The van der Waals surface area contributed by atoms with Crippen molar-refractivity contribution in [2.45, 2.75) is 51.6 Å². The summed E-state index contributed by atoms with van der Waals surface area (Å²) in [5.74, 6) is -0.974. The van der Waals surface area contributed by atoms with Crippen molar-refractivity contribution in [2.75, 3.05) is 13.1 Å². The monoisotopic (exact) mass is 332 g/mol. The zero-order valence-electron chi connectivity index (χ0n) is 14.6. The van der Waals surface area contributed by atoms with Crippen molar-refractivity contribution in [3.8, 4) is 0 Å². The van der Waals surface area contributed by atoms with E-state index in [4.69, 9.17) is 5.11 Å². The first-order chi connectivity index (χ1) is 11.5. The molecule has 1 heterocycles. The molecule has 2 atom stereocenters. The second kappa shape index (κ2) is 8.83. The second-order valence-corrected chi connectivity index (χ2v) is 6.58. The van der Waals surface area contributed by atoms with E-state index in [1.165, 1.54) is 0 Å². The molecule has 2 N–H and O–H groups in total. The molecule has 1 aromatic carbocycles. The molecule has 1 aromatic rings. The largest absolute Gasteiger partial charge is 0.481 e. The van der Waals surface area contributed by atoms with Gasteiger partial charge < -0.3 is 10.4 Å². The Morgan fingerprint density at radius 3 is 2.42 bits per heavy atom. The fourth-order valence-corrected chi connectivity index (χ4v) is 3.29. The van der Waals surface area contributed by atoms with Crippen molar-refractivity contribution in [3.05, 3.63) is 35.9 Å². The van der Waals surface area contributed by atoms with E-state index in [2.05, 4.69) is 17.1 Å². The molecule has 0 bridgehead atoms. The lowest BCUT2D eigenvalue weighted by molar-refractivity contribution is -0.143. The number of piperidine rings is 1. The highest BCUT2D eigenvalue weighted by atomic mass is 16.4. The average molecular weight is 332 g/mol. The van der Waals surface area contributed by atoms with Crippen LogP contribution in [0.4, 0.5) is 0 Å². The van der Waals surface area contributed by atoms with Gasteiger partial charge in [-0.15, -0.1) is 0 Å². The van der Waals surface area contributed by atoms with Gasteiger partial charge >= 0.3 is 5.97 Å². The van der Waals surface area contributed by atoms with Gasteiger partial charge in [-0.3, -0.25) is 14.5 Å². The summed E-state index contributed by atoms with van der Waals surface area (Å²) in [6.07, 6.45) is 3.13. The molecular formula is C19H28N2O3. The van der Waals surface area contributed by atoms with Gasteiger partial charge in [0, 0.05) is 0 Å². The van der Waals surface area contributed by atoms with E-state index >= 15 is 0 Å². The molecule has 1 amide bonds. The first kappa shape index (κ1) is 18.5. The maximum atomic E-state index is 12.6. The van der Waals surface area contributed by atoms with Gasteiger partial charge in [-0.1, -0.05) is 43.7 Å². The zero-order valence-corrected chi connectivity index (χ0v) is 14.6. The number of carboxylic acid groups (broad SMARTS) is 1. The lowest BCUT2D eigenvalue weighted by Gasteiger charge is -2.34. The fourth-order valence-electron chi connectivity index (χ4n) is 3.29. The van der Waals surface area contributed by atoms with E-state index in [9.17, 15) is 9.59 Å². The van der Waals surface area contributed by atoms with E-state index < -0.39 is 5.97 Å². The van der Waals surface area contributed by atoms with E-state index in [0.29, 0.717) is 25.9 Å². The van der Waals surface area contributed by atoms with Crippen LogP contribution in [0, 0.1) is 5.92 Å². The van der Waals surface area contributed by atoms with Crippen molar-refractivity contribution in [3.63, 3.8) is 0 Å². The molecule has 1 saturated heterocycles. The fraction of sp³-hybridized carbons (Fsp3) is 0.579. The second-order valence-electron chi connectivity index (χ2n) is 6.58. The molecule has 0 aromatic heterocycles. The van der Waals surface area contributed by atoms with Gasteiger partial charge in [0.2, 0.25) is 5.91 Å². The summed E-state index contributed by atoms with van der Waals surface area (Å²) in [6, 6.07) is 9.84. The number of hydrogen-bond acceptors (Lipinski definition) is 3. The van der Waals surface area contributed by atoms with Crippen LogP contribution in [-0.2, 0) is 9.59 Å². The summed E-state index contributed by atoms with van der Waals surface area (Å²) < 4.78 is 0. The number of carboxylic acids is 1. The van der Waals surface area contributed by atoms with Gasteiger partial charge in [-0.05, 0) is 44.8 Å². The van der Waals surface area contributed by atoms with Crippen LogP contribution in [0.2, 0.25) is 0 Å². The standard InChI is InChI=1S/C19H28N2O3/c1-3-7-17(15-8-5-4-6-9-15)20-18(22)14(2)21-12-10-16(11-13-21)19(23)24/h4-6,8-9,14,16-17H,3,7,10-13H2,1-2H3,(H,20,22)(H,23,24). The van der Waals surface area contributed by atoms with Crippen LogP contribution in [0.5, 0.6) is 0 Å². The lowest BCUT2D eigenvalue weighted by Crippen LogP contribution is -2.49. The van der Waals surface area contributed by atoms with E-state index in [0.717, 1.165) is 18.4 Å². The molecule has 2 rings (SSSR count). The number of nitrogens with one attached hydrogen (secondary N) is 1. The Bertz CT molecular complexity index is 539. The van der Waals surface area contributed by atoms with Crippen molar-refractivity contribution in [2.24, 2.45) is 5.92 Å². The minimum atomic E-state index is -0.723. The molecule has 1 fully saturated rings. The van der Waals surface area contributed by atoms with Gasteiger partial charge in [0.25, 0.3) is 0 Å². The van der Waals surface area contributed by atoms with Gasteiger partial charge in [0.05, 0.1) is 18.0 Å².